The molecule has 1 unspecified atom stereocenters. The van der Waals surface area contributed by atoms with Gasteiger partial charge in [-0.05, 0) is 12.8 Å². The highest BCUT2D eigenvalue weighted by molar-refractivity contribution is 5.72. The van der Waals surface area contributed by atoms with Crippen LogP contribution in [0.3, 0.4) is 0 Å². The van der Waals surface area contributed by atoms with E-state index in [-0.39, 0.29) is 17.5 Å². The lowest BCUT2D eigenvalue weighted by Gasteiger charge is -2.40. The van der Waals surface area contributed by atoms with E-state index in [0.717, 1.165) is 19.3 Å². The molecule has 0 saturated carbocycles. The summed E-state index contributed by atoms with van der Waals surface area (Å²) in [6.07, 6.45) is 12.2. The maximum atomic E-state index is 12.1. The van der Waals surface area contributed by atoms with E-state index < -0.39 is 0 Å². The van der Waals surface area contributed by atoms with Crippen LogP contribution in [0.5, 0.6) is 0 Å². The molecule has 3 nitrogen and oxygen atoms in total. The predicted molar refractivity (Wildman–Crippen MR) is 86.3 cm³/mol. The van der Waals surface area contributed by atoms with Crippen LogP contribution in [-0.4, -0.2) is 24.8 Å². The lowest BCUT2D eigenvalue weighted by atomic mass is 9.97. The highest BCUT2D eigenvalue weighted by Crippen LogP contribution is 2.27. The molecule has 1 fully saturated rings. The fourth-order valence-electron chi connectivity index (χ4n) is 2.68. The minimum absolute atomic E-state index is 0.0223. The summed E-state index contributed by atoms with van der Waals surface area (Å²) in [5.74, 6) is -0.0165. The summed E-state index contributed by atoms with van der Waals surface area (Å²) in [7, 11) is 0. The normalized spacial score (nSPS) is 18.0. The van der Waals surface area contributed by atoms with Gasteiger partial charge in [-0.3, -0.25) is 4.79 Å². The summed E-state index contributed by atoms with van der Waals surface area (Å²) in [6, 6.07) is 0. The third kappa shape index (κ3) is 6.82. The van der Waals surface area contributed by atoms with Crippen LogP contribution in [-0.2, 0) is 14.3 Å². The molecule has 0 spiro atoms. The van der Waals surface area contributed by atoms with Crippen molar-refractivity contribution in [1.82, 2.24) is 0 Å². The van der Waals surface area contributed by atoms with Gasteiger partial charge in [0.05, 0.1) is 19.1 Å². The second-order valence-electron chi connectivity index (χ2n) is 6.62. The summed E-state index contributed by atoms with van der Waals surface area (Å²) in [5.41, 5.74) is -0.315. The fourth-order valence-corrected chi connectivity index (χ4v) is 2.68. The fraction of sp³-hybridized carbons (Fsp3) is 0.944. The Labute approximate surface area is 130 Å². The number of unbranched alkanes of at least 4 members (excludes halogenated alkanes) is 7. The highest BCUT2D eigenvalue weighted by Gasteiger charge is 2.41. The first kappa shape index (κ1) is 18.5. The molecule has 1 atom stereocenters. The van der Waals surface area contributed by atoms with Gasteiger partial charge in [0.2, 0.25) is 0 Å². The second kappa shape index (κ2) is 10.2. The minimum atomic E-state index is -0.315. The quantitative estimate of drug-likeness (QED) is 0.381. The molecule has 0 bridgehead atoms. The van der Waals surface area contributed by atoms with E-state index in [0.29, 0.717) is 13.2 Å². The number of hydrogen-bond donors (Lipinski definition) is 0. The Morgan fingerprint density at radius 2 is 1.62 bits per heavy atom. The van der Waals surface area contributed by atoms with Gasteiger partial charge in [-0.25, -0.2) is 0 Å². The summed E-state index contributed by atoms with van der Waals surface area (Å²) in [4.78, 5) is 12.1. The van der Waals surface area contributed by atoms with E-state index in [4.69, 9.17) is 9.47 Å². The van der Waals surface area contributed by atoms with Crippen LogP contribution in [0.25, 0.3) is 0 Å². The lowest BCUT2D eigenvalue weighted by molar-refractivity contribution is -0.217. The Bertz CT molecular complexity index is 279. The molecule has 0 aliphatic carbocycles. The molecule has 0 aromatic rings. The average molecular weight is 298 g/mol. The molecule has 0 aromatic carbocycles. The van der Waals surface area contributed by atoms with Crippen molar-refractivity contribution in [2.24, 2.45) is 5.92 Å². The van der Waals surface area contributed by atoms with Crippen molar-refractivity contribution < 1.29 is 14.3 Å². The standard InChI is InChI=1S/C18H34O3/c1-4-6-7-8-9-10-11-12-13-16(3)17(19)21-18(5-2)14-20-15-18/h16H,4-15H2,1-3H3. The Morgan fingerprint density at radius 1 is 1.05 bits per heavy atom. The lowest BCUT2D eigenvalue weighted by Crippen LogP contribution is -2.53. The molecule has 1 heterocycles. The third-order valence-corrected chi connectivity index (χ3v) is 4.58. The van der Waals surface area contributed by atoms with Gasteiger partial charge in [0.1, 0.15) is 0 Å². The molecule has 1 saturated heterocycles. The Balaban J connectivity index is 2.02. The molecule has 0 amide bonds. The van der Waals surface area contributed by atoms with Crippen LogP contribution in [0.1, 0.15) is 85.0 Å². The van der Waals surface area contributed by atoms with Crippen molar-refractivity contribution in [2.75, 3.05) is 13.2 Å². The maximum absolute atomic E-state index is 12.1. The molecule has 21 heavy (non-hydrogen) atoms. The first-order chi connectivity index (χ1) is 10.1. The molecule has 1 aliphatic heterocycles. The van der Waals surface area contributed by atoms with Crippen molar-refractivity contribution in [2.45, 2.75) is 90.6 Å². The van der Waals surface area contributed by atoms with Crippen molar-refractivity contribution in [3.63, 3.8) is 0 Å². The van der Waals surface area contributed by atoms with Gasteiger partial charge < -0.3 is 9.47 Å². The smallest absolute Gasteiger partial charge is 0.309 e. The van der Waals surface area contributed by atoms with Gasteiger partial charge in [0.25, 0.3) is 0 Å². The first-order valence-corrected chi connectivity index (χ1v) is 8.94. The molecule has 3 heteroatoms. The highest BCUT2D eigenvalue weighted by atomic mass is 16.6. The number of ether oxygens (including phenoxy) is 2. The van der Waals surface area contributed by atoms with E-state index in [2.05, 4.69) is 13.8 Å². The van der Waals surface area contributed by atoms with E-state index in [9.17, 15) is 4.79 Å². The van der Waals surface area contributed by atoms with Gasteiger partial charge >= 0.3 is 5.97 Å². The van der Waals surface area contributed by atoms with Crippen molar-refractivity contribution in [3.8, 4) is 0 Å². The topological polar surface area (TPSA) is 35.5 Å². The van der Waals surface area contributed by atoms with Gasteiger partial charge in [-0.15, -0.1) is 0 Å². The number of hydrogen-bond acceptors (Lipinski definition) is 3. The summed E-state index contributed by atoms with van der Waals surface area (Å²) < 4.78 is 10.8. The molecular weight excluding hydrogens is 264 g/mol. The molecular formula is C18H34O3. The predicted octanol–water partition coefficient (Wildman–Crippen LogP) is 4.88. The zero-order valence-corrected chi connectivity index (χ0v) is 14.3. The van der Waals surface area contributed by atoms with Crippen molar-refractivity contribution in [1.29, 1.82) is 0 Å². The number of rotatable bonds is 12. The maximum Gasteiger partial charge on any atom is 0.309 e. The van der Waals surface area contributed by atoms with Gasteiger partial charge in [0.15, 0.2) is 5.60 Å². The van der Waals surface area contributed by atoms with Crippen LogP contribution >= 0.6 is 0 Å². The van der Waals surface area contributed by atoms with Gasteiger partial charge in [0, 0.05) is 0 Å². The minimum Gasteiger partial charge on any atom is -0.454 e. The molecule has 0 aromatic heterocycles. The van der Waals surface area contributed by atoms with Crippen molar-refractivity contribution in [3.05, 3.63) is 0 Å². The van der Waals surface area contributed by atoms with E-state index >= 15 is 0 Å². The first-order valence-electron chi connectivity index (χ1n) is 8.94. The molecule has 124 valence electrons. The summed E-state index contributed by atoms with van der Waals surface area (Å²) in [5, 5.41) is 0. The van der Waals surface area contributed by atoms with Crippen LogP contribution < -0.4 is 0 Å². The molecule has 1 rings (SSSR count). The van der Waals surface area contributed by atoms with Crippen LogP contribution in [0.4, 0.5) is 0 Å². The van der Waals surface area contributed by atoms with Crippen LogP contribution in [0.2, 0.25) is 0 Å². The average Bonchev–Trinajstić information content (AvgIpc) is 2.45. The summed E-state index contributed by atoms with van der Waals surface area (Å²) >= 11 is 0. The number of carbonyl (C=O) groups excluding carboxylic acids is 1. The van der Waals surface area contributed by atoms with Gasteiger partial charge in [-0.2, -0.15) is 0 Å². The van der Waals surface area contributed by atoms with Gasteiger partial charge in [-0.1, -0.05) is 72.1 Å². The monoisotopic (exact) mass is 298 g/mol. The number of carbonyl (C=O) groups is 1. The van der Waals surface area contributed by atoms with Crippen LogP contribution in [0, 0.1) is 5.92 Å². The van der Waals surface area contributed by atoms with Crippen LogP contribution in [0.15, 0.2) is 0 Å². The number of esters is 1. The second-order valence-corrected chi connectivity index (χ2v) is 6.62. The Morgan fingerprint density at radius 3 is 2.10 bits per heavy atom. The van der Waals surface area contributed by atoms with E-state index in [1.54, 1.807) is 0 Å². The zero-order valence-electron chi connectivity index (χ0n) is 14.3. The van der Waals surface area contributed by atoms with E-state index in [1.807, 2.05) is 6.92 Å². The Kier molecular flexibility index (Phi) is 8.98. The van der Waals surface area contributed by atoms with Crippen molar-refractivity contribution >= 4 is 5.97 Å². The molecule has 1 aliphatic rings. The largest absolute Gasteiger partial charge is 0.454 e. The molecule has 0 radical (unpaired) electrons. The Hall–Kier alpha value is -0.570. The summed E-state index contributed by atoms with van der Waals surface area (Å²) in [6.45, 7) is 7.43. The SMILES string of the molecule is CCCCCCCCCCC(C)C(=O)OC1(CC)COC1. The van der Waals surface area contributed by atoms with E-state index in [1.165, 1.54) is 44.9 Å². The third-order valence-electron chi connectivity index (χ3n) is 4.58. The zero-order chi connectivity index (χ0) is 15.6. The molecule has 0 N–H and O–H groups in total.